The number of benzene rings is 2. The van der Waals surface area contributed by atoms with Crippen molar-refractivity contribution >= 4 is 23.2 Å². The monoisotopic (exact) mass is 387 g/mol. The fourth-order valence-electron chi connectivity index (χ4n) is 2.82. The van der Waals surface area contributed by atoms with Crippen molar-refractivity contribution in [2.24, 2.45) is 0 Å². The molecule has 150 valence electrons. The number of rotatable bonds is 8. The largest absolute Gasteiger partial charge is 0.494 e. The Bertz CT molecular complexity index is 824. The van der Waals surface area contributed by atoms with Gasteiger partial charge in [0.25, 0.3) is 0 Å². The van der Waals surface area contributed by atoms with Crippen LogP contribution in [-0.4, -0.2) is 36.4 Å². The van der Waals surface area contributed by atoms with Crippen LogP contribution in [0.4, 0.5) is 15.8 Å². The molecule has 28 heavy (non-hydrogen) atoms. The Morgan fingerprint density at radius 3 is 2.21 bits per heavy atom. The van der Waals surface area contributed by atoms with E-state index in [1.807, 2.05) is 18.7 Å². The summed E-state index contributed by atoms with van der Waals surface area (Å²) in [7, 11) is 1.42. The highest BCUT2D eigenvalue weighted by Crippen LogP contribution is 2.20. The maximum atomic E-state index is 13.9. The van der Waals surface area contributed by atoms with Gasteiger partial charge in [-0.15, -0.1) is 0 Å². The smallest absolute Gasteiger partial charge is 0.241 e. The molecule has 0 spiro atoms. The van der Waals surface area contributed by atoms with Crippen LogP contribution in [-0.2, 0) is 16.1 Å². The lowest BCUT2D eigenvalue weighted by molar-refractivity contribution is -0.121. The number of likely N-dealkylation sites (N-methyl/N-ethyl adjacent to an activating group) is 1. The van der Waals surface area contributed by atoms with Crippen LogP contribution in [0, 0.1) is 5.82 Å². The van der Waals surface area contributed by atoms with E-state index < -0.39 is 11.9 Å². The molecule has 2 aromatic rings. The number of nitrogens with zero attached hydrogens (tertiary/aromatic N) is 1. The number of hydrogen-bond donors (Lipinski definition) is 2. The molecule has 1 unspecified atom stereocenters. The predicted octanol–water partition coefficient (Wildman–Crippen LogP) is 3.64. The van der Waals surface area contributed by atoms with Crippen molar-refractivity contribution in [1.82, 2.24) is 4.90 Å². The summed E-state index contributed by atoms with van der Waals surface area (Å²) in [6, 6.07) is 11.3. The minimum absolute atomic E-state index is 0.154. The van der Waals surface area contributed by atoms with Crippen LogP contribution in [0.2, 0.25) is 0 Å². The number of amides is 2. The first-order valence-electron chi connectivity index (χ1n) is 9.09. The van der Waals surface area contributed by atoms with Crippen LogP contribution in [0.25, 0.3) is 0 Å². The lowest BCUT2D eigenvalue weighted by Crippen LogP contribution is -2.41. The summed E-state index contributed by atoms with van der Waals surface area (Å²) in [5, 5.41) is 5.54. The van der Waals surface area contributed by atoms with Gasteiger partial charge < -0.3 is 15.4 Å². The summed E-state index contributed by atoms with van der Waals surface area (Å²) in [4.78, 5) is 25.6. The van der Waals surface area contributed by atoms with Crippen LogP contribution in [0.3, 0.4) is 0 Å². The molecule has 2 amide bonds. The van der Waals surface area contributed by atoms with Crippen molar-refractivity contribution < 1.29 is 18.7 Å². The fourth-order valence-corrected chi connectivity index (χ4v) is 2.82. The van der Waals surface area contributed by atoms with Crippen LogP contribution in [0.5, 0.6) is 5.75 Å². The minimum Gasteiger partial charge on any atom is -0.494 e. The van der Waals surface area contributed by atoms with E-state index in [0.29, 0.717) is 24.5 Å². The number of halogens is 1. The van der Waals surface area contributed by atoms with Crippen LogP contribution >= 0.6 is 0 Å². The molecule has 0 aromatic heterocycles. The Labute approximate surface area is 164 Å². The van der Waals surface area contributed by atoms with E-state index in [-0.39, 0.29) is 17.6 Å². The van der Waals surface area contributed by atoms with E-state index in [2.05, 4.69) is 10.6 Å². The van der Waals surface area contributed by atoms with Crippen LogP contribution in [0.15, 0.2) is 42.5 Å². The van der Waals surface area contributed by atoms with Gasteiger partial charge in [-0.3, -0.25) is 14.5 Å². The van der Waals surface area contributed by atoms with Crippen molar-refractivity contribution in [3.63, 3.8) is 0 Å². The summed E-state index contributed by atoms with van der Waals surface area (Å²) in [5.41, 5.74) is 2.06. The highest BCUT2D eigenvalue weighted by molar-refractivity contribution is 5.95. The van der Waals surface area contributed by atoms with Crippen molar-refractivity contribution in [3.05, 3.63) is 53.8 Å². The first-order valence-corrected chi connectivity index (χ1v) is 9.09. The third-order valence-corrected chi connectivity index (χ3v) is 4.41. The highest BCUT2D eigenvalue weighted by atomic mass is 19.1. The lowest BCUT2D eigenvalue weighted by Gasteiger charge is -2.27. The van der Waals surface area contributed by atoms with Gasteiger partial charge in [0.2, 0.25) is 11.8 Å². The molecule has 0 radical (unpaired) electrons. The van der Waals surface area contributed by atoms with E-state index in [9.17, 15) is 14.0 Å². The molecule has 0 bridgehead atoms. The van der Waals surface area contributed by atoms with Crippen LogP contribution in [0.1, 0.15) is 26.3 Å². The molecule has 0 aliphatic heterocycles. The number of methoxy groups -OCH3 is 1. The van der Waals surface area contributed by atoms with Gasteiger partial charge in [0.1, 0.15) is 0 Å². The van der Waals surface area contributed by atoms with Gasteiger partial charge in [0, 0.05) is 24.8 Å². The minimum atomic E-state index is -0.424. The second-order valence-electron chi connectivity index (χ2n) is 6.46. The second kappa shape index (κ2) is 9.85. The topological polar surface area (TPSA) is 70.7 Å². The van der Waals surface area contributed by atoms with Gasteiger partial charge in [-0.05, 0) is 55.4 Å². The number of carbonyl (C=O) groups is 2. The zero-order valence-corrected chi connectivity index (χ0v) is 16.6. The molecule has 0 heterocycles. The third kappa shape index (κ3) is 5.79. The first kappa shape index (κ1) is 21.4. The van der Waals surface area contributed by atoms with E-state index >= 15 is 0 Å². The average Bonchev–Trinajstić information content (AvgIpc) is 2.66. The molecule has 7 heteroatoms. The van der Waals surface area contributed by atoms with E-state index in [0.717, 1.165) is 5.56 Å². The molecule has 0 aliphatic rings. The summed E-state index contributed by atoms with van der Waals surface area (Å²) in [6.45, 7) is 6.26. The second-order valence-corrected chi connectivity index (χ2v) is 6.46. The quantitative estimate of drug-likeness (QED) is 0.726. The molecule has 2 rings (SSSR count). The Morgan fingerprint density at radius 1 is 1.11 bits per heavy atom. The summed E-state index contributed by atoms with van der Waals surface area (Å²) in [5.74, 6) is -0.546. The Kier molecular flexibility index (Phi) is 7.52. The molecule has 2 aromatic carbocycles. The van der Waals surface area contributed by atoms with Gasteiger partial charge in [-0.2, -0.15) is 0 Å². The molecule has 0 saturated heterocycles. The molecule has 0 saturated carbocycles. The average molecular weight is 387 g/mol. The maximum absolute atomic E-state index is 13.9. The third-order valence-electron chi connectivity index (χ3n) is 4.41. The molecule has 2 N–H and O–H groups in total. The van der Waals surface area contributed by atoms with Gasteiger partial charge >= 0.3 is 0 Å². The number of hydrogen-bond acceptors (Lipinski definition) is 4. The maximum Gasteiger partial charge on any atom is 0.241 e. The van der Waals surface area contributed by atoms with Crippen molar-refractivity contribution in [2.45, 2.75) is 33.4 Å². The molecule has 6 nitrogen and oxygen atoms in total. The predicted molar refractivity (Wildman–Crippen MR) is 108 cm³/mol. The summed E-state index contributed by atoms with van der Waals surface area (Å²) >= 11 is 0. The number of ether oxygens (including phenoxy) is 1. The number of anilines is 2. The van der Waals surface area contributed by atoms with Gasteiger partial charge in [-0.25, -0.2) is 4.39 Å². The van der Waals surface area contributed by atoms with Gasteiger partial charge in [-0.1, -0.05) is 13.0 Å². The summed E-state index contributed by atoms with van der Waals surface area (Å²) in [6.07, 6.45) is 0. The molecular formula is C21H26FN3O3. The number of nitrogens with one attached hydrogen (secondary N) is 2. The first-order chi connectivity index (χ1) is 13.3. The van der Waals surface area contributed by atoms with E-state index in [1.54, 1.807) is 36.4 Å². The standard InChI is InChI=1S/C21H26FN3O3/c1-5-25(13-16-6-11-20(28-4)19(22)12-16)14(2)21(27)24-18-9-7-17(8-10-18)23-15(3)26/h6-12,14H,5,13H2,1-4H3,(H,23,26)(H,24,27). The van der Waals surface area contributed by atoms with E-state index in [1.165, 1.54) is 20.1 Å². The lowest BCUT2D eigenvalue weighted by atomic mass is 10.1. The van der Waals surface area contributed by atoms with Gasteiger partial charge in [0.05, 0.1) is 13.2 Å². The zero-order valence-electron chi connectivity index (χ0n) is 16.6. The van der Waals surface area contributed by atoms with Gasteiger partial charge in [0.15, 0.2) is 11.6 Å². The molecule has 1 atom stereocenters. The zero-order chi connectivity index (χ0) is 20.7. The van der Waals surface area contributed by atoms with Crippen molar-refractivity contribution in [2.75, 3.05) is 24.3 Å². The Balaban J connectivity index is 2.01. The van der Waals surface area contributed by atoms with Crippen molar-refractivity contribution in [1.29, 1.82) is 0 Å². The van der Waals surface area contributed by atoms with E-state index in [4.69, 9.17) is 4.74 Å². The van der Waals surface area contributed by atoms with Crippen LogP contribution < -0.4 is 15.4 Å². The highest BCUT2D eigenvalue weighted by Gasteiger charge is 2.21. The normalized spacial score (nSPS) is 11.8. The molecule has 0 aliphatic carbocycles. The SMILES string of the molecule is CCN(Cc1ccc(OC)c(F)c1)C(C)C(=O)Nc1ccc(NC(C)=O)cc1. The summed E-state index contributed by atoms with van der Waals surface area (Å²) < 4.78 is 18.9. The van der Waals surface area contributed by atoms with Crippen molar-refractivity contribution in [3.8, 4) is 5.75 Å². The number of carbonyl (C=O) groups excluding carboxylic acids is 2. The Morgan fingerprint density at radius 2 is 1.71 bits per heavy atom. The molecule has 0 fully saturated rings. The molecular weight excluding hydrogens is 361 g/mol. The fraction of sp³-hybridized carbons (Fsp3) is 0.333. The Hall–Kier alpha value is -2.93.